The van der Waals surface area contributed by atoms with E-state index < -0.39 is 10.0 Å². The van der Waals surface area contributed by atoms with Gasteiger partial charge in [0.05, 0.1) is 45.8 Å². The first-order chi connectivity index (χ1) is 20.6. The van der Waals surface area contributed by atoms with Crippen molar-refractivity contribution in [3.63, 3.8) is 0 Å². The molecule has 1 spiro atoms. The lowest BCUT2D eigenvalue weighted by atomic mass is 9.68. The number of methoxy groups -OCH3 is 3. The number of aromatic nitrogens is 3. The number of imidazole rings is 1. The average molecular weight is 610 g/mol. The fourth-order valence-corrected chi connectivity index (χ4v) is 8.45. The van der Waals surface area contributed by atoms with E-state index in [2.05, 4.69) is 20.5 Å². The highest BCUT2D eigenvalue weighted by Gasteiger charge is 2.49. The monoisotopic (exact) mass is 609 g/mol. The van der Waals surface area contributed by atoms with Crippen LogP contribution in [0.3, 0.4) is 0 Å². The standard InChI is InChI=1S/C31H39N5O6S/c1-33-17-28(32-20-33)43(38,39)36-10-8-31(9-11-36)19-35(16-21-12-23(41-4)14-24(13-21)42-5)27(18-37)30-29(31)25-7-6-22(40-3)15-26(25)34(30)2/h6-7,12-15,17,20,27,37H,8-11,16,18-19H2,1-5H3/t27-/m0/s1. The van der Waals surface area contributed by atoms with Gasteiger partial charge in [-0.1, -0.05) is 0 Å². The molecule has 0 saturated carbocycles. The summed E-state index contributed by atoms with van der Waals surface area (Å²) in [5, 5.41) is 12.1. The third-order valence-electron chi connectivity index (χ3n) is 9.18. The molecular formula is C31H39N5O6S. The van der Waals surface area contributed by atoms with Crippen molar-refractivity contribution in [2.45, 2.75) is 35.9 Å². The van der Waals surface area contributed by atoms with Crippen molar-refractivity contribution in [1.29, 1.82) is 0 Å². The molecule has 0 amide bonds. The minimum absolute atomic E-state index is 0.0638. The number of nitrogens with zero attached hydrogens (tertiary/aromatic N) is 5. The predicted molar refractivity (Wildman–Crippen MR) is 162 cm³/mol. The Bertz CT molecular complexity index is 1730. The molecule has 4 heterocycles. The Morgan fingerprint density at radius 3 is 2.23 bits per heavy atom. The van der Waals surface area contributed by atoms with Crippen LogP contribution in [0.5, 0.6) is 17.2 Å². The lowest BCUT2D eigenvalue weighted by Gasteiger charge is -2.50. The van der Waals surface area contributed by atoms with E-state index in [9.17, 15) is 13.5 Å². The predicted octanol–water partition coefficient (Wildman–Crippen LogP) is 3.21. The molecule has 1 N–H and O–H groups in total. The molecule has 2 aliphatic heterocycles. The largest absolute Gasteiger partial charge is 0.497 e. The van der Waals surface area contributed by atoms with Crippen LogP contribution in [0.1, 0.15) is 35.7 Å². The molecule has 0 unspecified atom stereocenters. The number of ether oxygens (including phenoxy) is 3. The fourth-order valence-electron chi connectivity index (χ4n) is 7.04. The number of benzene rings is 2. The van der Waals surface area contributed by atoms with Gasteiger partial charge in [0.1, 0.15) is 17.2 Å². The maximum atomic E-state index is 13.5. The topological polar surface area (TPSA) is 111 Å². The maximum absolute atomic E-state index is 13.5. The van der Waals surface area contributed by atoms with Gasteiger partial charge in [0.2, 0.25) is 0 Å². The van der Waals surface area contributed by atoms with Crippen LogP contribution >= 0.6 is 0 Å². The Morgan fingerprint density at radius 1 is 0.977 bits per heavy atom. The van der Waals surface area contributed by atoms with Gasteiger partial charge in [-0.3, -0.25) is 4.90 Å². The highest BCUT2D eigenvalue weighted by atomic mass is 32.2. The SMILES string of the molecule is COc1cc(CN2CC3(CCN(S(=O)(=O)c4cn(C)cn4)CC3)c3c(n(C)c4cc(OC)ccc34)[C@@H]2CO)cc(OC)c1. The van der Waals surface area contributed by atoms with E-state index in [1.54, 1.807) is 43.4 Å². The smallest absolute Gasteiger partial charge is 0.262 e. The van der Waals surface area contributed by atoms with E-state index in [4.69, 9.17) is 14.2 Å². The van der Waals surface area contributed by atoms with Crippen LogP contribution in [0.4, 0.5) is 0 Å². The summed E-state index contributed by atoms with van der Waals surface area (Å²) < 4.78 is 49.0. The molecule has 6 rings (SSSR count). The number of hydrogen-bond donors (Lipinski definition) is 1. The van der Waals surface area contributed by atoms with Gasteiger partial charge in [-0.15, -0.1) is 0 Å². The molecule has 1 atom stereocenters. The van der Waals surface area contributed by atoms with Crippen molar-refractivity contribution in [3.8, 4) is 17.2 Å². The Labute approximate surface area is 252 Å². The van der Waals surface area contributed by atoms with Crippen LogP contribution in [-0.2, 0) is 36.1 Å². The summed E-state index contributed by atoms with van der Waals surface area (Å²) in [6.07, 6.45) is 4.32. The zero-order chi connectivity index (χ0) is 30.5. The number of sulfonamides is 1. The van der Waals surface area contributed by atoms with Gasteiger partial charge in [0, 0.05) is 75.1 Å². The second-order valence-corrected chi connectivity index (χ2v) is 13.5. The maximum Gasteiger partial charge on any atom is 0.262 e. The molecule has 0 radical (unpaired) electrons. The van der Waals surface area contributed by atoms with E-state index in [1.807, 2.05) is 37.4 Å². The summed E-state index contributed by atoms with van der Waals surface area (Å²) in [6.45, 7) is 1.89. The number of hydrogen-bond acceptors (Lipinski definition) is 8. The Kier molecular flexibility index (Phi) is 7.66. The number of fused-ring (bicyclic) bond motifs is 4. The van der Waals surface area contributed by atoms with Crippen LogP contribution < -0.4 is 14.2 Å². The van der Waals surface area contributed by atoms with E-state index in [0.717, 1.165) is 27.9 Å². The van der Waals surface area contributed by atoms with Crippen LogP contribution in [0.25, 0.3) is 10.9 Å². The van der Waals surface area contributed by atoms with Gasteiger partial charge in [0.15, 0.2) is 5.03 Å². The quantitative estimate of drug-likeness (QED) is 0.324. The van der Waals surface area contributed by atoms with Crippen LogP contribution in [0.2, 0.25) is 0 Å². The number of aryl methyl sites for hydroxylation is 2. The van der Waals surface area contributed by atoms with Crippen molar-refractivity contribution in [2.75, 3.05) is 47.6 Å². The number of rotatable bonds is 8. The molecule has 2 aromatic heterocycles. The molecule has 43 heavy (non-hydrogen) atoms. The van der Waals surface area contributed by atoms with Crippen LogP contribution in [0.15, 0.2) is 53.9 Å². The summed E-state index contributed by atoms with van der Waals surface area (Å²) in [7, 11) is 5.01. The molecule has 4 aromatic rings. The first-order valence-electron chi connectivity index (χ1n) is 14.4. The third kappa shape index (κ3) is 4.95. The number of aliphatic hydroxyl groups excluding tert-OH is 1. The minimum Gasteiger partial charge on any atom is -0.497 e. The molecule has 1 saturated heterocycles. The zero-order valence-corrected chi connectivity index (χ0v) is 26.1. The van der Waals surface area contributed by atoms with Crippen molar-refractivity contribution >= 4 is 20.9 Å². The molecule has 230 valence electrons. The Balaban J connectivity index is 1.44. The average Bonchev–Trinajstić information content (AvgIpc) is 3.59. The molecule has 2 aliphatic rings. The molecular weight excluding hydrogens is 570 g/mol. The van der Waals surface area contributed by atoms with Crippen molar-refractivity contribution in [1.82, 2.24) is 23.3 Å². The summed E-state index contributed by atoms with van der Waals surface area (Å²) in [6, 6.07) is 11.7. The second-order valence-electron chi connectivity index (χ2n) is 11.6. The lowest BCUT2D eigenvalue weighted by Crippen LogP contribution is -2.54. The van der Waals surface area contributed by atoms with Crippen LogP contribution in [-0.4, -0.2) is 84.4 Å². The Morgan fingerprint density at radius 2 is 1.65 bits per heavy atom. The molecule has 0 aliphatic carbocycles. The molecule has 2 aromatic carbocycles. The van der Waals surface area contributed by atoms with E-state index in [1.165, 1.54) is 11.9 Å². The number of piperidine rings is 1. The van der Waals surface area contributed by atoms with Crippen LogP contribution in [0, 0.1) is 0 Å². The minimum atomic E-state index is -3.71. The molecule has 1 fully saturated rings. The lowest BCUT2D eigenvalue weighted by molar-refractivity contribution is 0.0514. The summed E-state index contributed by atoms with van der Waals surface area (Å²) in [5.74, 6) is 2.16. The Hall–Kier alpha value is -3.58. The first kappa shape index (κ1) is 29.5. The van der Waals surface area contributed by atoms with Crippen molar-refractivity contribution in [2.24, 2.45) is 14.1 Å². The van der Waals surface area contributed by atoms with Gasteiger partial charge < -0.3 is 28.5 Å². The first-order valence-corrected chi connectivity index (χ1v) is 15.8. The molecule has 12 heteroatoms. The van der Waals surface area contributed by atoms with Crippen molar-refractivity contribution in [3.05, 3.63) is 65.7 Å². The van der Waals surface area contributed by atoms with E-state index in [0.29, 0.717) is 50.5 Å². The van der Waals surface area contributed by atoms with Gasteiger partial charge in [-0.2, -0.15) is 4.31 Å². The highest BCUT2D eigenvalue weighted by molar-refractivity contribution is 7.89. The van der Waals surface area contributed by atoms with Gasteiger partial charge in [0.25, 0.3) is 10.0 Å². The summed E-state index contributed by atoms with van der Waals surface area (Å²) >= 11 is 0. The van der Waals surface area contributed by atoms with E-state index >= 15 is 0 Å². The fraction of sp³-hybridized carbons (Fsp3) is 0.452. The van der Waals surface area contributed by atoms with E-state index in [-0.39, 0.29) is 23.1 Å². The number of aliphatic hydroxyl groups is 1. The normalized spacial score (nSPS) is 19.1. The summed E-state index contributed by atoms with van der Waals surface area (Å²) in [4.78, 5) is 6.45. The van der Waals surface area contributed by atoms with Gasteiger partial charge in [-0.25, -0.2) is 13.4 Å². The summed E-state index contributed by atoms with van der Waals surface area (Å²) in [5.41, 5.74) is 3.93. The van der Waals surface area contributed by atoms with Gasteiger partial charge >= 0.3 is 0 Å². The third-order valence-corrected chi connectivity index (χ3v) is 11.0. The second kappa shape index (κ2) is 11.2. The van der Waals surface area contributed by atoms with Gasteiger partial charge in [-0.05, 0) is 48.2 Å². The highest BCUT2D eigenvalue weighted by Crippen LogP contribution is 2.51. The molecule has 0 bridgehead atoms. The van der Waals surface area contributed by atoms with Crippen molar-refractivity contribution < 1.29 is 27.7 Å². The zero-order valence-electron chi connectivity index (χ0n) is 25.3. The molecule has 11 nitrogen and oxygen atoms in total.